The lowest BCUT2D eigenvalue weighted by atomic mass is 10.1. The molecular weight excluding hydrogens is 396 g/mol. The van der Waals surface area contributed by atoms with Crippen molar-refractivity contribution in [3.63, 3.8) is 0 Å². The Morgan fingerprint density at radius 3 is 1.90 bits per heavy atom. The van der Waals surface area contributed by atoms with Gasteiger partial charge in [0, 0.05) is 30.9 Å². The molecule has 0 spiro atoms. The average Bonchev–Trinajstić information content (AvgIpc) is 2.73. The summed E-state index contributed by atoms with van der Waals surface area (Å²) >= 11 is 0. The van der Waals surface area contributed by atoms with E-state index in [1.54, 1.807) is 4.90 Å². The molecule has 156 valence electrons. The number of carbonyl (C=O) groups is 2. The number of nitrogens with one attached hydrogen (secondary N) is 1. The fraction of sp³-hybridized carbons (Fsp3) is 0.263. The first-order valence-electron chi connectivity index (χ1n) is 9.14. The van der Waals surface area contributed by atoms with Gasteiger partial charge >= 0.3 is 5.97 Å². The highest BCUT2D eigenvalue weighted by Crippen LogP contribution is 2.40. The van der Waals surface area contributed by atoms with Crippen LogP contribution in [0.2, 0.25) is 0 Å². The molecular formula is C19H18N4O7. The van der Waals surface area contributed by atoms with Crippen molar-refractivity contribution >= 4 is 34.6 Å². The highest BCUT2D eigenvalue weighted by atomic mass is 16.6. The van der Waals surface area contributed by atoms with E-state index in [2.05, 4.69) is 5.32 Å². The number of nitrogens with zero attached hydrogens (tertiary/aromatic N) is 3. The molecule has 0 aliphatic carbocycles. The lowest BCUT2D eigenvalue weighted by Crippen LogP contribution is -2.30. The average molecular weight is 414 g/mol. The quantitative estimate of drug-likeness (QED) is 0.538. The van der Waals surface area contributed by atoms with Gasteiger partial charge in [-0.1, -0.05) is 0 Å². The number of carbonyl (C=O) groups excluding carboxylic acids is 1. The molecule has 1 aliphatic heterocycles. The number of amides is 1. The second kappa shape index (κ2) is 8.55. The number of hydrogen-bond donors (Lipinski definition) is 2. The van der Waals surface area contributed by atoms with E-state index in [4.69, 9.17) is 5.11 Å². The van der Waals surface area contributed by atoms with Gasteiger partial charge in [-0.15, -0.1) is 0 Å². The molecule has 11 heteroatoms. The van der Waals surface area contributed by atoms with Crippen molar-refractivity contribution < 1.29 is 24.5 Å². The van der Waals surface area contributed by atoms with E-state index in [0.717, 1.165) is 31.4 Å². The lowest BCUT2D eigenvalue weighted by Gasteiger charge is -2.28. The van der Waals surface area contributed by atoms with Gasteiger partial charge in [0.1, 0.15) is 0 Å². The largest absolute Gasteiger partial charge is 0.478 e. The molecule has 30 heavy (non-hydrogen) atoms. The van der Waals surface area contributed by atoms with Crippen molar-refractivity contribution in [1.82, 2.24) is 0 Å². The number of piperidine rings is 1. The third-order valence-corrected chi connectivity index (χ3v) is 4.79. The normalized spacial score (nSPS) is 13.5. The minimum Gasteiger partial charge on any atom is -0.478 e. The van der Waals surface area contributed by atoms with Crippen molar-refractivity contribution in [2.24, 2.45) is 0 Å². The van der Waals surface area contributed by atoms with Gasteiger partial charge in [0.15, 0.2) is 5.69 Å². The zero-order valence-electron chi connectivity index (χ0n) is 15.7. The first-order valence-corrected chi connectivity index (χ1v) is 9.14. The Morgan fingerprint density at radius 2 is 1.43 bits per heavy atom. The molecule has 1 fully saturated rings. The Labute approximate surface area is 170 Å². The Balaban J connectivity index is 1.98. The number of carboxylic acid groups (broad SMARTS) is 1. The molecule has 0 bridgehead atoms. The Hall–Kier alpha value is -4.02. The summed E-state index contributed by atoms with van der Waals surface area (Å²) in [5, 5.41) is 34.7. The summed E-state index contributed by atoms with van der Waals surface area (Å²) in [6.07, 6.45) is 2.48. The molecule has 2 aromatic carbocycles. The number of carboxylic acids is 1. The molecule has 0 saturated carbocycles. The number of hydrogen-bond acceptors (Lipinski definition) is 7. The minimum atomic E-state index is -1.13. The summed E-state index contributed by atoms with van der Waals surface area (Å²) in [6.45, 7) is 0.923. The second-order valence-corrected chi connectivity index (χ2v) is 6.76. The van der Waals surface area contributed by atoms with E-state index in [1.165, 1.54) is 24.3 Å². The number of aromatic carboxylic acids is 1. The molecule has 0 radical (unpaired) electrons. The van der Waals surface area contributed by atoms with Gasteiger partial charge in [-0.05, 0) is 43.5 Å². The second-order valence-electron chi connectivity index (χ2n) is 6.76. The van der Waals surface area contributed by atoms with Crippen LogP contribution < -0.4 is 10.2 Å². The van der Waals surface area contributed by atoms with E-state index in [9.17, 15) is 29.8 Å². The third-order valence-electron chi connectivity index (χ3n) is 4.79. The van der Waals surface area contributed by atoms with Crippen LogP contribution in [0.3, 0.4) is 0 Å². The molecule has 2 aromatic rings. The van der Waals surface area contributed by atoms with Crippen LogP contribution in [0.5, 0.6) is 0 Å². The van der Waals surface area contributed by atoms with Crippen LogP contribution in [0.15, 0.2) is 36.4 Å². The number of anilines is 2. The van der Waals surface area contributed by atoms with E-state index in [0.29, 0.717) is 13.1 Å². The first kappa shape index (κ1) is 20.7. The summed E-state index contributed by atoms with van der Waals surface area (Å²) < 4.78 is 0. The van der Waals surface area contributed by atoms with Gasteiger partial charge in [-0.25, -0.2) is 4.79 Å². The highest BCUT2D eigenvalue weighted by Gasteiger charge is 2.33. The number of nitro benzene ring substituents is 2. The van der Waals surface area contributed by atoms with Crippen LogP contribution in [0.4, 0.5) is 22.7 Å². The summed E-state index contributed by atoms with van der Waals surface area (Å²) in [7, 11) is 0. The lowest BCUT2D eigenvalue weighted by molar-refractivity contribution is -0.392. The number of benzene rings is 2. The van der Waals surface area contributed by atoms with E-state index in [1.807, 2.05) is 0 Å². The van der Waals surface area contributed by atoms with Crippen molar-refractivity contribution in [3.8, 4) is 0 Å². The summed E-state index contributed by atoms with van der Waals surface area (Å²) in [6, 6.07) is 7.32. The standard InChI is InChI=1S/C19H18N4O7/c24-18(20-14-6-4-12(5-7-14)19(25)26)13-10-15(22(27)28)17(16(11-13)23(29)30)21-8-2-1-3-9-21/h4-7,10-11H,1-3,8-9H2,(H,20,24)(H,25,26). The molecule has 0 unspecified atom stereocenters. The highest BCUT2D eigenvalue weighted by molar-refractivity contribution is 6.06. The fourth-order valence-electron chi connectivity index (χ4n) is 3.35. The molecule has 0 atom stereocenters. The SMILES string of the molecule is O=C(O)c1ccc(NC(=O)c2cc([N+](=O)[O-])c(N3CCCCC3)c([N+](=O)[O-])c2)cc1. The van der Waals surface area contributed by atoms with Crippen LogP contribution in [0.25, 0.3) is 0 Å². The maximum Gasteiger partial charge on any atom is 0.335 e. The van der Waals surface area contributed by atoms with E-state index < -0.39 is 33.1 Å². The van der Waals surface area contributed by atoms with Crippen molar-refractivity contribution in [1.29, 1.82) is 0 Å². The van der Waals surface area contributed by atoms with Gasteiger partial charge in [0.25, 0.3) is 17.3 Å². The summed E-state index contributed by atoms with van der Waals surface area (Å²) in [4.78, 5) is 46.9. The van der Waals surface area contributed by atoms with Gasteiger partial charge in [0.2, 0.25) is 0 Å². The number of rotatable bonds is 6. The van der Waals surface area contributed by atoms with E-state index >= 15 is 0 Å². The molecule has 1 saturated heterocycles. The molecule has 3 rings (SSSR count). The van der Waals surface area contributed by atoms with Crippen LogP contribution in [-0.4, -0.2) is 39.9 Å². The number of nitro groups is 2. The zero-order chi connectivity index (χ0) is 21.8. The topological polar surface area (TPSA) is 156 Å². The van der Waals surface area contributed by atoms with Crippen molar-refractivity contribution in [2.45, 2.75) is 19.3 Å². The monoisotopic (exact) mass is 414 g/mol. The first-order chi connectivity index (χ1) is 14.3. The maximum atomic E-state index is 12.6. The maximum absolute atomic E-state index is 12.6. The molecule has 2 N–H and O–H groups in total. The fourth-order valence-corrected chi connectivity index (χ4v) is 3.35. The predicted octanol–water partition coefficient (Wildman–Crippen LogP) is 3.44. The molecule has 1 heterocycles. The smallest absolute Gasteiger partial charge is 0.335 e. The van der Waals surface area contributed by atoms with Crippen LogP contribution >= 0.6 is 0 Å². The van der Waals surface area contributed by atoms with Crippen molar-refractivity contribution in [2.75, 3.05) is 23.3 Å². The van der Waals surface area contributed by atoms with Gasteiger partial charge in [-0.2, -0.15) is 0 Å². The molecule has 11 nitrogen and oxygen atoms in total. The predicted molar refractivity (Wildman–Crippen MR) is 107 cm³/mol. The Bertz CT molecular complexity index is 979. The summed E-state index contributed by atoms with van der Waals surface area (Å²) in [5.41, 5.74) is -1.07. The summed E-state index contributed by atoms with van der Waals surface area (Å²) in [5.74, 6) is -1.91. The zero-order valence-corrected chi connectivity index (χ0v) is 15.7. The van der Waals surface area contributed by atoms with Crippen LogP contribution in [0.1, 0.15) is 40.0 Å². The molecule has 1 amide bonds. The van der Waals surface area contributed by atoms with E-state index in [-0.39, 0.29) is 22.5 Å². The van der Waals surface area contributed by atoms with Crippen LogP contribution in [0, 0.1) is 20.2 Å². The minimum absolute atomic E-state index is 0.0187. The van der Waals surface area contributed by atoms with Crippen molar-refractivity contribution in [3.05, 3.63) is 67.8 Å². The van der Waals surface area contributed by atoms with Gasteiger partial charge < -0.3 is 15.3 Å². The molecule has 1 aliphatic rings. The Morgan fingerprint density at radius 1 is 0.900 bits per heavy atom. The third kappa shape index (κ3) is 4.35. The van der Waals surface area contributed by atoms with Gasteiger partial charge in [-0.3, -0.25) is 25.0 Å². The van der Waals surface area contributed by atoms with Gasteiger partial charge in [0.05, 0.1) is 21.0 Å². The molecule has 0 aromatic heterocycles. The van der Waals surface area contributed by atoms with Crippen LogP contribution in [-0.2, 0) is 0 Å². The Kier molecular flexibility index (Phi) is 5.90.